The lowest BCUT2D eigenvalue weighted by Gasteiger charge is -2.32. The summed E-state index contributed by atoms with van der Waals surface area (Å²) in [6.45, 7) is 6.45. The van der Waals surface area contributed by atoms with E-state index in [1.54, 1.807) is 0 Å². The minimum Gasteiger partial charge on any atom is -0.368 e. The first-order chi connectivity index (χ1) is 10.2. The largest absolute Gasteiger partial charge is 0.368 e. The van der Waals surface area contributed by atoms with E-state index in [0.717, 1.165) is 19.0 Å². The zero-order valence-corrected chi connectivity index (χ0v) is 13.5. The summed E-state index contributed by atoms with van der Waals surface area (Å²) in [5.74, 6) is 1.50. The number of hydrogen-bond acceptors (Lipinski definition) is 2. The SMILES string of the molecule is CC(C)c1ccc(C2CNCC(CC3CCCC3)O2)cc1. The fraction of sp³-hybridized carbons (Fsp3) is 0.684. The van der Waals surface area contributed by atoms with Crippen molar-refractivity contribution in [1.82, 2.24) is 5.32 Å². The summed E-state index contributed by atoms with van der Waals surface area (Å²) < 4.78 is 6.37. The maximum Gasteiger partial charge on any atom is 0.0953 e. The van der Waals surface area contributed by atoms with Gasteiger partial charge in [0, 0.05) is 13.1 Å². The van der Waals surface area contributed by atoms with Gasteiger partial charge >= 0.3 is 0 Å². The van der Waals surface area contributed by atoms with Crippen molar-refractivity contribution < 1.29 is 4.74 Å². The van der Waals surface area contributed by atoms with Crippen molar-refractivity contribution in [2.45, 2.75) is 64.1 Å². The molecular weight excluding hydrogens is 258 g/mol. The number of ether oxygens (including phenoxy) is 1. The smallest absolute Gasteiger partial charge is 0.0953 e. The lowest BCUT2D eigenvalue weighted by Crippen LogP contribution is -2.41. The van der Waals surface area contributed by atoms with Gasteiger partial charge in [0.2, 0.25) is 0 Å². The molecule has 21 heavy (non-hydrogen) atoms. The molecule has 0 aromatic heterocycles. The molecule has 1 N–H and O–H groups in total. The highest BCUT2D eigenvalue weighted by Gasteiger charge is 2.27. The lowest BCUT2D eigenvalue weighted by atomic mass is 9.97. The van der Waals surface area contributed by atoms with Gasteiger partial charge in [-0.05, 0) is 29.4 Å². The monoisotopic (exact) mass is 287 g/mol. The number of rotatable bonds is 4. The van der Waals surface area contributed by atoms with Crippen LogP contribution in [0.3, 0.4) is 0 Å². The number of benzene rings is 1. The third-order valence-corrected chi connectivity index (χ3v) is 5.10. The maximum atomic E-state index is 6.37. The molecule has 1 saturated carbocycles. The standard InChI is InChI=1S/C19H29NO/c1-14(2)16-7-9-17(10-8-16)19-13-20-12-18(21-19)11-15-5-3-4-6-15/h7-10,14-15,18-20H,3-6,11-13H2,1-2H3. The van der Waals surface area contributed by atoms with Crippen LogP contribution in [0.25, 0.3) is 0 Å². The molecule has 1 saturated heterocycles. The van der Waals surface area contributed by atoms with E-state index in [2.05, 4.69) is 43.4 Å². The summed E-state index contributed by atoms with van der Waals surface area (Å²) in [5.41, 5.74) is 2.73. The van der Waals surface area contributed by atoms with Gasteiger partial charge in [-0.1, -0.05) is 63.8 Å². The van der Waals surface area contributed by atoms with E-state index in [1.807, 2.05) is 0 Å². The molecule has 0 radical (unpaired) electrons. The Morgan fingerprint density at radius 2 is 1.81 bits per heavy atom. The van der Waals surface area contributed by atoms with Crippen molar-refractivity contribution in [3.05, 3.63) is 35.4 Å². The molecule has 1 aliphatic carbocycles. The second kappa shape index (κ2) is 6.93. The van der Waals surface area contributed by atoms with Crippen LogP contribution in [0.4, 0.5) is 0 Å². The fourth-order valence-electron chi connectivity index (χ4n) is 3.75. The van der Waals surface area contributed by atoms with Gasteiger partial charge in [-0.3, -0.25) is 0 Å². The van der Waals surface area contributed by atoms with Crippen molar-refractivity contribution in [3.8, 4) is 0 Å². The molecule has 2 nitrogen and oxygen atoms in total. The minimum absolute atomic E-state index is 0.228. The highest BCUT2D eigenvalue weighted by molar-refractivity contribution is 5.26. The Morgan fingerprint density at radius 1 is 1.10 bits per heavy atom. The van der Waals surface area contributed by atoms with Gasteiger partial charge < -0.3 is 10.1 Å². The van der Waals surface area contributed by atoms with E-state index in [1.165, 1.54) is 43.2 Å². The van der Waals surface area contributed by atoms with Crippen LogP contribution in [0.15, 0.2) is 24.3 Å². The molecule has 0 amide bonds. The average molecular weight is 287 g/mol. The average Bonchev–Trinajstić information content (AvgIpc) is 3.00. The topological polar surface area (TPSA) is 21.3 Å². The van der Waals surface area contributed by atoms with Gasteiger partial charge in [0.05, 0.1) is 12.2 Å². The van der Waals surface area contributed by atoms with Crippen LogP contribution >= 0.6 is 0 Å². The van der Waals surface area contributed by atoms with Crippen LogP contribution < -0.4 is 5.32 Å². The van der Waals surface area contributed by atoms with Crippen LogP contribution in [-0.2, 0) is 4.74 Å². The molecule has 3 rings (SSSR count). The van der Waals surface area contributed by atoms with E-state index in [9.17, 15) is 0 Å². The second-order valence-electron chi connectivity index (χ2n) is 7.11. The van der Waals surface area contributed by atoms with Crippen molar-refractivity contribution in [3.63, 3.8) is 0 Å². The first-order valence-electron chi connectivity index (χ1n) is 8.68. The summed E-state index contributed by atoms with van der Waals surface area (Å²) in [4.78, 5) is 0. The minimum atomic E-state index is 0.228. The fourth-order valence-corrected chi connectivity index (χ4v) is 3.75. The molecule has 1 aliphatic heterocycles. The molecule has 2 heteroatoms. The Labute approximate surface area is 129 Å². The van der Waals surface area contributed by atoms with Crippen molar-refractivity contribution >= 4 is 0 Å². The Balaban J connectivity index is 1.59. The van der Waals surface area contributed by atoms with Crippen molar-refractivity contribution in [2.24, 2.45) is 5.92 Å². The molecule has 116 valence electrons. The quantitative estimate of drug-likeness (QED) is 0.885. The van der Waals surface area contributed by atoms with Crippen LogP contribution in [0.1, 0.15) is 69.1 Å². The Bertz CT molecular complexity index is 433. The molecule has 1 aromatic rings. The second-order valence-corrected chi connectivity index (χ2v) is 7.11. The van der Waals surface area contributed by atoms with Gasteiger partial charge in [0.15, 0.2) is 0 Å². The highest BCUT2D eigenvalue weighted by atomic mass is 16.5. The van der Waals surface area contributed by atoms with Crippen molar-refractivity contribution in [1.29, 1.82) is 0 Å². The molecule has 0 bridgehead atoms. The van der Waals surface area contributed by atoms with Gasteiger partial charge in [-0.2, -0.15) is 0 Å². The maximum absolute atomic E-state index is 6.37. The summed E-state index contributed by atoms with van der Waals surface area (Å²) in [6, 6.07) is 9.01. The van der Waals surface area contributed by atoms with Gasteiger partial charge in [0.25, 0.3) is 0 Å². The Morgan fingerprint density at radius 3 is 2.48 bits per heavy atom. The molecule has 2 unspecified atom stereocenters. The molecular formula is C19H29NO. The van der Waals surface area contributed by atoms with E-state index in [-0.39, 0.29) is 6.10 Å². The molecule has 0 spiro atoms. The number of hydrogen-bond donors (Lipinski definition) is 1. The third-order valence-electron chi connectivity index (χ3n) is 5.10. The van der Waals surface area contributed by atoms with E-state index >= 15 is 0 Å². The molecule has 2 fully saturated rings. The normalized spacial score (nSPS) is 27.4. The van der Waals surface area contributed by atoms with Crippen LogP contribution in [0.2, 0.25) is 0 Å². The predicted octanol–water partition coefficient (Wildman–Crippen LogP) is 4.42. The third kappa shape index (κ3) is 3.87. The lowest BCUT2D eigenvalue weighted by molar-refractivity contribution is -0.0489. The first-order valence-corrected chi connectivity index (χ1v) is 8.68. The zero-order chi connectivity index (χ0) is 14.7. The molecule has 2 aliphatic rings. The van der Waals surface area contributed by atoms with Crippen molar-refractivity contribution in [2.75, 3.05) is 13.1 Å². The van der Waals surface area contributed by atoms with Crippen LogP contribution in [0.5, 0.6) is 0 Å². The molecule has 1 heterocycles. The highest BCUT2D eigenvalue weighted by Crippen LogP contribution is 2.32. The Hall–Kier alpha value is -0.860. The number of nitrogens with one attached hydrogen (secondary N) is 1. The Kier molecular flexibility index (Phi) is 4.97. The summed E-state index contributed by atoms with van der Waals surface area (Å²) in [5, 5.41) is 3.57. The van der Waals surface area contributed by atoms with Crippen LogP contribution in [0, 0.1) is 5.92 Å². The zero-order valence-electron chi connectivity index (χ0n) is 13.5. The molecule has 1 aromatic carbocycles. The first kappa shape index (κ1) is 15.1. The van der Waals surface area contributed by atoms with E-state index in [0.29, 0.717) is 12.0 Å². The van der Waals surface area contributed by atoms with Gasteiger partial charge in [0.1, 0.15) is 0 Å². The molecule has 2 atom stereocenters. The predicted molar refractivity (Wildman–Crippen MR) is 87.6 cm³/mol. The van der Waals surface area contributed by atoms with E-state index in [4.69, 9.17) is 4.74 Å². The summed E-state index contributed by atoms with van der Waals surface area (Å²) in [6.07, 6.45) is 7.54. The van der Waals surface area contributed by atoms with Crippen LogP contribution in [-0.4, -0.2) is 19.2 Å². The van der Waals surface area contributed by atoms with E-state index < -0.39 is 0 Å². The number of morpholine rings is 1. The van der Waals surface area contributed by atoms with Gasteiger partial charge in [-0.15, -0.1) is 0 Å². The van der Waals surface area contributed by atoms with Gasteiger partial charge in [-0.25, -0.2) is 0 Å². The summed E-state index contributed by atoms with van der Waals surface area (Å²) in [7, 11) is 0. The summed E-state index contributed by atoms with van der Waals surface area (Å²) >= 11 is 0.